The van der Waals surface area contributed by atoms with E-state index in [1.165, 1.54) is 19.1 Å². The second-order valence-electron chi connectivity index (χ2n) is 8.34. The van der Waals surface area contributed by atoms with Crippen LogP contribution in [-0.4, -0.2) is 38.5 Å². The van der Waals surface area contributed by atoms with E-state index in [2.05, 4.69) is 20.2 Å². The van der Waals surface area contributed by atoms with Crippen LogP contribution in [0.1, 0.15) is 25.8 Å². The first-order valence-corrected chi connectivity index (χ1v) is 11.5. The molecule has 35 heavy (non-hydrogen) atoms. The summed E-state index contributed by atoms with van der Waals surface area (Å²) >= 11 is 0. The van der Waals surface area contributed by atoms with E-state index in [0.29, 0.717) is 22.8 Å². The van der Waals surface area contributed by atoms with Gasteiger partial charge in [0.15, 0.2) is 5.75 Å². The highest BCUT2D eigenvalue weighted by molar-refractivity contribution is 5.90. The van der Waals surface area contributed by atoms with Gasteiger partial charge in [-0.2, -0.15) is 4.98 Å². The molecular formula is C26H25FN6O2. The van der Waals surface area contributed by atoms with Crippen LogP contribution in [-0.2, 0) is 4.79 Å². The number of benzene rings is 2. The number of halogens is 1. The summed E-state index contributed by atoms with van der Waals surface area (Å²) in [5.74, 6) is -0.0698. The van der Waals surface area contributed by atoms with E-state index in [1.54, 1.807) is 30.5 Å². The number of carbonyl (C=O) groups excluding carboxylic acids is 1. The molecule has 1 aliphatic rings. The summed E-state index contributed by atoms with van der Waals surface area (Å²) < 4.78 is 21.7. The number of nitrogens with one attached hydrogen (secondary N) is 2. The largest absolute Gasteiger partial charge is 0.422 e. The molecule has 1 fully saturated rings. The van der Waals surface area contributed by atoms with Gasteiger partial charge < -0.3 is 19.9 Å². The van der Waals surface area contributed by atoms with E-state index in [1.807, 2.05) is 24.5 Å². The van der Waals surface area contributed by atoms with Gasteiger partial charge in [0.25, 0.3) is 0 Å². The van der Waals surface area contributed by atoms with Gasteiger partial charge in [-0.1, -0.05) is 12.1 Å². The average molecular weight is 473 g/mol. The van der Waals surface area contributed by atoms with Crippen molar-refractivity contribution in [2.24, 2.45) is 0 Å². The van der Waals surface area contributed by atoms with Gasteiger partial charge in [0.1, 0.15) is 5.82 Å². The predicted molar refractivity (Wildman–Crippen MR) is 131 cm³/mol. The maximum Gasteiger partial charge on any atom is 0.322 e. The number of rotatable bonds is 6. The standard InChI is InChI=1S/C26H25FN6O2/c1-17(34)31-21-4-2-3-5-23(21)35-26-29-15-12-22(32-26)25-24(18-6-8-19(27)9-7-18)30-16-33(25)20-10-13-28-14-11-20/h2-9,12,15-16,20,28H,10-11,13-14H2,1H3,(H,31,34). The summed E-state index contributed by atoms with van der Waals surface area (Å²) in [6, 6.07) is 15.6. The Morgan fingerprint density at radius 1 is 1.09 bits per heavy atom. The molecule has 3 heterocycles. The molecule has 9 heteroatoms. The van der Waals surface area contributed by atoms with Crippen LogP contribution in [0.15, 0.2) is 67.1 Å². The van der Waals surface area contributed by atoms with Crippen molar-refractivity contribution in [3.63, 3.8) is 0 Å². The molecular weight excluding hydrogens is 447 g/mol. The quantitative estimate of drug-likeness (QED) is 0.418. The Morgan fingerprint density at radius 2 is 1.86 bits per heavy atom. The van der Waals surface area contributed by atoms with Gasteiger partial charge in [-0.25, -0.2) is 14.4 Å². The number of aromatic nitrogens is 4. The zero-order valence-corrected chi connectivity index (χ0v) is 19.2. The number of carbonyl (C=O) groups is 1. The van der Waals surface area contributed by atoms with Crippen molar-refractivity contribution in [1.82, 2.24) is 24.8 Å². The van der Waals surface area contributed by atoms with Crippen molar-refractivity contribution in [3.05, 3.63) is 72.9 Å². The first-order chi connectivity index (χ1) is 17.1. The van der Waals surface area contributed by atoms with Crippen molar-refractivity contribution in [2.75, 3.05) is 18.4 Å². The first kappa shape index (κ1) is 22.7. The minimum Gasteiger partial charge on any atom is -0.422 e. The number of ether oxygens (including phenoxy) is 1. The van der Waals surface area contributed by atoms with Crippen LogP contribution < -0.4 is 15.4 Å². The van der Waals surface area contributed by atoms with E-state index >= 15 is 0 Å². The third-order valence-electron chi connectivity index (χ3n) is 5.89. The van der Waals surface area contributed by atoms with Gasteiger partial charge >= 0.3 is 6.01 Å². The summed E-state index contributed by atoms with van der Waals surface area (Å²) in [5, 5.41) is 6.15. The van der Waals surface area contributed by atoms with Crippen LogP contribution in [0.5, 0.6) is 11.8 Å². The highest BCUT2D eigenvalue weighted by atomic mass is 19.1. The molecule has 0 aliphatic carbocycles. The Kier molecular flexibility index (Phi) is 6.49. The van der Waals surface area contributed by atoms with Gasteiger partial charge in [0.2, 0.25) is 5.91 Å². The zero-order valence-electron chi connectivity index (χ0n) is 19.2. The van der Waals surface area contributed by atoms with Gasteiger partial charge in [-0.15, -0.1) is 0 Å². The van der Waals surface area contributed by atoms with Crippen molar-refractivity contribution in [1.29, 1.82) is 0 Å². The Morgan fingerprint density at radius 3 is 2.63 bits per heavy atom. The predicted octanol–water partition coefficient (Wildman–Crippen LogP) is 4.82. The monoisotopic (exact) mass is 472 g/mol. The fourth-order valence-corrected chi connectivity index (χ4v) is 4.26. The third kappa shape index (κ3) is 5.04. The number of nitrogens with zero attached hydrogens (tertiary/aromatic N) is 4. The fourth-order valence-electron chi connectivity index (χ4n) is 4.26. The second kappa shape index (κ2) is 10.0. The maximum atomic E-state index is 13.6. The Hall–Kier alpha value is -4.11. The summed E-state index contributed by atoms with van der Waals surface area (Å²) in [6.07, 6.45) is 5.39. The smallest absolute Gasteiger partial charge is 0.322 e. The van der Waals surface area contributed by atoms with E-state index < -0.39 is 0 Å². The molecule has 0 unspecified atom stereocenters. The van der Waals surface area contributed by atoms with Crippen molar-refractivity contribution < 1.29 is 13.9 Å². The van der Waals surface area contributed by atoms with Gasteiger partial charge in [0.05, 0.1) is 29.1 Å². The number of anilines is 1. The minimum atomic E-state index is -0.302. The van der Waals surface area contributed by atoms with Crippen LogP contribution in [0.25, 0.3) is 22.6 Å². The first-order valence-electron chi connectivity index (χ1n) is 11.5. The Labute approximate surface area is 202 Å². The number of hydrogen-bond acceptors (Lipinski definition) is 6. The molecule has 1 amide bonds. The summed E-state index contributed by atoms with van der Waals surface area (Å²) in [5.41, 5.74) is 3.51. The maximum absolute atomic E-state index is 13.6. The molecule has 0 atom stereocenters. The van der Waals surface area contributed by atoms with Crippen LogP contribution in [0.2, 0.25) is 0 Å². The van der Waals surface area contributed by atoms with Gasteiger partial charge in [-0.3, -0.25) is 4.79 Å². The summed E-state index contributed by atoms with van der Waals surface area (Å²) in [4.78, 5) is 25.3. The third-order valence-corrected chi connectivity index (χ3v) is 5.89. The van der Waals surface area contributed by atoms with Crippen LogP contribution in [0, 0.1) is 5.82 Å². The molecule has 4 aromatic rings. The molecule has 0 saturated carbocycles. The number of para-hydroxylation sites is 2. The molecule has 2 aromatic heterocycles. The zero-order chi connectivity index (χ0) is 24.2. The molecule has 178 valence electrons. The van der Waals surface area contributed by atoms with Crippen molar-refractivity contribution in [3.8, 4) is 34.4 Å². The van der Waals surface area contributed by atoms with E-state index in [9.17, 15) is 9.18 Å². The van der Waals surface area contributed by atoms with E-state index in [-0.39, 0.29) is 23.8 Å². The van der Waals surface area contributed by atoms with E-state index in [4.69, 9.17) is 14.7 Å². The van der Waals surface area contributed by atoms with Crippen LogP contribution in [0.4, 0.5) is 10.1 Å². The van der Waals surface area contributed by atoms with Crippen molar-refractivity contribution in [2.45, 2.75) is 25.8 Å². The molecule has 0 bridgehead atoms. The van der Waals surface area contributed by atoms with Gasteiger partial charge in [-0.05, 0) is 68.4 Å². The summed E-state index contributed by atoms with van der Waals surface area (Å²) in [6.45, 7) is 3.28. The molecule has 1 aliphatic heterocycles. The number of piperidine rings is 1. The van der Waals surface area contributed by atoms with Crippen LogP contribution in [0.3, 0.4) is 0 Å². The number of imidazole rings is 1. The normalized spacial score (nSPS) is 14.0. The highest BCUT2D eigenvalue weighted by Gasteiger charge is 2.24. The molecule has 2 N–H and O–H groups in total. The lowest BCUT2D eigenvalue weighted by Crippen LogP contribution is -2.29. The Bertz CT molecular complexity index is 1330. The molecule has 0 spiro atoms. The second-order valence-corrected chi connectivity index (χ2v) is 8.34. The lowest BCUT2D eigenvalue weighted by molar-refractivity contribution is -0.114. The molecule has 1 saturated heterocycles. The average Bonchev–Trinajstić information content (AvgIpc) is 3.31. The topological polar surface area (TPSA) is 94.0 Å². The lowest BCUT2D eigenvalue weighted by Gasteiger charge is -2.25. The van der Waals surface area contributed by atoms with Gasteiger partial charge in [0, 0.05) is 24.7 Å². The van der Waals surface area contributed by atoms with Crippen LogP contribution >= 0.6 is 0 Å². The fraction of sp³-hybridized carbons (Fsp3) is 0.231. The summed E-state index contributed by atoms with van der Waals surface area (Å²) in [7, 11) is 0. The van der Waals surface area contributed by atoms with Crippen molar-refractivity contribution >= 4 is 11.6 Å². The number of hydrogen-bond donors (Lipinski definition) is 2. The SMILES string of the molecule is CC(=O)Nc1ccccc1Oc1nccc(-c2c(-c3ccc(F)cc3)ncn2C2CCNCC2)n1. The minimum absolute atomic E-state index is 0.142. The number of amides is 1. The Balaban J connectivity index is 1.55. The molecule has 8 nitrogen and oxygen atoms in total. The molecule has 0 radical (unpaired) electrons. The molecule has 2 aromatic carbocycles. The highest BCUT2D eigenvalue weighted by Crippen LogP contribution is 2.35. The molecule has 5 rings (SSSR count). The van der Waals surface area contributed by atoms with E-state index in [0.717, 1.165) is 37.2 Å². The lowest BCUT2D eigenvalue weighted by atomic mass is 10.0.